The topological polar surface area (TPSA) is 52.7 Å². The second kappa shape index (κ2) is 8.68. The van der Waals surface area contributed by atoms with Gasteiger partial charge in [-0.2, -0.15) is 0 Å². The Kier molecular flexibility index (Phi) is 6.32. The summed E-state index contributed by atoms with van der Waals surface area (Å²) in [6.45, 7) is 4.73. The van der Waals surface area contributed by atoms with Gasteiger partial charge in [0.2, 0.25) is 5.91 Å². The summed E-state index contributed by atoms with van der Waals surface area (Å²) in [5, 5.41) is 3.91. The van der Waals surface area contributed by atoms with Crippen LogP contribution in [0.5, 0.6) is 0 Å². The summed E-state index contributed by atoms with van der Waals surface area (Å²) in [6.07, 6.45) is 3.58. The van der Waals surface area contributed by atoms with Crippen LogP contribution in [0.1, 0.15) is 36.0 Å². The zero-order valence-corrected chi connectivity index (χ0v) is 15.3. The molecule has 1 aromatic carbocycles. The second-order valence-corrected chi connectivity index (χ2v) is 7.37. The van der Waals surface area contributed by atoms with Gasteiger partial charge >= 0.3 is 0 Å². The Morgan fingerprint density at radius 3 is 2.72 bits per heavy atom. The molecule has 2 saturated heterocycles. The third-order valence-electron chi connectivity index (χ3n) is 5.14. The smallest absolute Gasteiger partial charge is 0.253 e. The molecule has 1 unspecified atom stereocenters. The van der Waals surface area contributed by atoms with E-state index in [1.54, 1.807) is 24.3 Å². The molecule has 2 aliphatic rings. The minimum absolute atomic E-state index is 0.00571. The largest absolute Gasteiger partial charge is 0.341 e. The maximum Gasteiger partial charge on any atom is 0.253 e. The lowest BCUT2D eigenvalue weighted by atomic mass is 10.0. The molecule has 25 heavy (non-hydrogen) atoms. The van der Waals surface area contributed by atoms with E-state index >= 15 is 0 Å². The van der Waals surface area contributed by atoms with Gasteiger partial charge in [-0.1, -0.05) is 17.7 Å². The first-order valence-electron chi connectivity index (χ1n) is 9.17. The van der Waals surface area contributed by atoms with Gasteiger partial charge in [0.25, 0.3) is 5.91 Å². The number of rotatable bonds is 4. The van der Waals surface area contributed by atoms with Crippen LogP contribution in [0.15, 0.2) is 24.3 Å². The predicted octanol–water partition coefficient (Wildman–Crippen LogP) is 2.40. The summed E-state index contributed by atoms with van der Waals surface area (Å²) in [6, 6.07) is 7.05. The zero-order chi connectivity index (χ0) is 17.6. The van der Waals surface area contributed by atoms with E-state index in [4.69, 9.17) is 11.6 Å². The van der Waals surface area contributed by atoms with Crippen LogP contribution in [-0.2, 0) is 4.79 Å². The first-order chi connectivity index (χ1) is 12.1. The minimum Gasteiger partial charge on any atom is -0.341 e. The molecule has 3 rings (SSSR count). The molecule has 0 saturated carbocycles. The van der Waals surface area contributed by atoms with E-state index in [0.717, 1.165) is 32.5 Å². The molecular weight excluding hydrogens is 338 g/mol. The van der Waals surface area contributed by atoms with Gasteiger partial charge in [0.15, 0.2) is 0 Å². The van der Waals surface area contributed by atoms with Crippen LogP contribution in [0.4, 0.5) is 0 Å². The number of amides is 2. The molecule has 2 heterocycles. The van der Waals surface area contributed by atoms with Crippen molar-refractivity contribution in [1.82, 2.24) is 15.1 Å². The van der Waals surface area contributed by atoms with E-state index in [1.165, 1.54) is 6.42 Å². The quantitative estimate of drug-likeness (QED) is 0.893. The lowest BCUT2D eigenvalue weighted by Gasteiger charge is -2.23. The average Bonchev–Trinajstić information content (AvgIpc) is 3.01. The molecule has 5 nitrogen and oxygen atoms in total. The van der Waals surface area contributed by atoms with Crippen LogP contribution in [0.25, 0.3) is 0 Å². The van der Waals surface area contributed by atoms with E-state index in [2.05, 4.69) is 5.32 Å². The summed E-state index contributed by atoms with van der Waals surface area (Å²) in [4.78, 5) is 28.9. The average molecular weight is 364 g/mol. The number of hydrogen-bond donors (Lipinski definition) is 1. The highest BCUT2D eigenvalue weighted by atomic mass is 35.5. The minimum atomic E-state index is -0.00571. The number of nitrogens with zero attached hydrogens (tertiary/aromatic N) is 2. The molecule has 0 spiro atoms. The standard InChI is InChI=1S/C19H26ClN3O2/c20-17-4-1-3-16(13-17)19(25)23-10-2-9-22(11-12-23)18(24)6-5-15-7-8-21-14-15/h1,3-4,13,15,21H,2,5-12,14H2. The van der Waals surface area contributed by atoms with Crippen molar-refractivity contribution in [2.75, 3.05) is 39.3 Å². The first kappa shape index (κ1) is 18.2. The van der Waals surface area contributed by atoms with Crippen LogP contribution >= 0.6 is 11.6 Å². The van der Waals surface area contributed by atoms with E-state index in [0.29, 0.717) is 42.6 Å². The highest BCUT2D eigenvalue weighted by molar-refractivity contribution is 6.30. The Labute approximate surface area is 154 Å². The van der Waals surface area contributed by atoms with E-state index in [9.17, 15) is 9.59 Å². The van der Waals surface area contributed by atoms with Crippen molar-refractivity contribution in [2.45, 2.75) is 25.7 Å². The van der Waals surface area contributed by atoms with Crippen LogP contribution < -0.4 is 5.32 Å². The molecule has 136 valence electrons. The third kappa shape index (κ3) is 4.95. The fourth-order valence-electron chi connectivity index (χ4n) is 3.62. The van der Waals surface area contributed by atoms with Gasteiger partial charge in [-0.3, -0.25) is 9.59 Å². The van der Waals surface area contributed by atoms with Crippen LogP contribution in [0.2, 0.25) is 5.02 Å². The Morgan fingerprint density at radius 1 is 1.16 bits per heavy atom. The summed E-state index contributed by atoms with van der Waals surface area (Å²) < 4.78 is 0. The molecule has 1 atom stereocenters. The number of carbonyl (C=O) groups is 2. The first-order valence-corrected chi connectivity index (χ1v) is 9.54. The van der Waals surface area contributed by atoms with E-state index in [-0.39, 0.29) is 11.8 Å². The Balaban J connectivity index is 1.51. The van der Waals surface area contributed by atoms with Crippen molar-refractivity contribution < 1.29 is 9.59 Å². The van der Waals surface area contributed by atoms with E-state index < -0.39 is 0 Å². The van der Waals surface area contributed by atoms with Gasteiger partial charge in [0.05, 0.1) is 0 Å². The van der Waals surface area contributed by atoms with Crippen molar-refractivity contribution in [3.05, 3.63) is 34.9 Å². The van der Waals surface area contributed by atoms with Crippen molar-refractivity contribution in [3.63, 3.8) is 0 Å². The van der Waals surface area contributed by atoms with Crippen LogP contribution in [0, 0.1) is 5.92 Å². The van der Waals surface area contributed by atoms with Crippen molar-refractivity contribution >= 4 is 23.4 Å². The summed E-state index contributed by atoms with van der Waals surface area (Å²) in [7, 11) is 0. The summed E-state index contributed by atoms with van der Waals surface area (Å²) in [5.41, 5.74) is 0.612. The van der Waals surface area contributed by atoms with Gasteiger partial charge in [0.1, 0.15) is 0 Å². The zero-order valence-electron chi connectivity index (χ0n) is 14.5. The van der Waals surface area contributed by atoms with Crippen LogP contribution in [-0.4, -0.2) is 60.9 Å². The van der Waals surface area contributed by atoms with Gasteiger partial charge in [0, 0.05) is 43.2 Å². The Hall–Kier alpha value is -1.59. The summed E-state index contributed by atoms with van der Waals surface area (Å²) in [5.74, 6) is 0.856. The van der Waals surface area contributed by atoms with Gasteiger partial charge in [-0.05, 0) is 56.5 Å². The molecule has 6 heteroatoms. The molecule has 2 aliphatic heterocycles. The molecule has 0 aliphatic carbocycles. The molecule has 1 aromatic rings. The number of benzene rings is 1. The van der Waals surface area contributed by atoms with Gasteiger partial charge in [-0.15, -0.1) is 0 Å². The molecule has 2 amide bonds. The normalized spacial score (nSPS) is 21.2. The molecular formula is C19H26ClN3O2. The lowest BCUT2D eigenvalue weighted by Crippen LogP contribution is -2.37. The fourth-order valence-corrected chi connectivity index (χ4v) is 3.81. The maximum absolute atomic E-state index is 12.6. The van der Waals surface area contributed by atoms with Crippen LogP contribution in [0.3, 0.4) is 0 Å². The molecule has 0 radical (unpaired) electrons. The fraction of sp³-hybridized carbons (Fsp3) is 0.579. The van der Waals surface area contributed by atoms with Crippen molar-refractivity contribution in [1.29, 1.82) is 0 Å². The lowest BCUT2D eigenvalue weighted by molar-refractivity contribution is -0.131. The number of hydrogen-bond acceptors (Lipinski definition) is 3. The Morgan fingerprint density at radius 2 is 1.96 bits per heavy atom. The van der Waals surface area contributed by atoms with E-state index in [1.807, 2.05) is 9.80 Å². The Bertz CT molecular complexity index is 616. The summed E-state index contributed by atoms with van der Waals surface area (Å²) >= 11 is 5.99. The van der Waals surface area contributed by atoms with Crippen molar-refractivity contribution in [2.24, 2.45) is 5.92 Å². The molecule has 0 bridgehead atoms. The number of carbonyl (C=O) groups excluding carboxylic acids is 2. The molecule has 0 aromatic heterocycles. The monoisotopic (exact) mass is 363 g/mol. The van der Waals surface area contributed by atoms with Gasteiger partial charge in [-0.25, -0.2) is 0 Å². The molecule has 1 N–H and O–H groups in total. The van der Waals surface area contributed by atoms with Crippen molar-refractivity contribution in [3.8, 4) is 0 Å². The second-order valence-electron chi connectivity index (χ2n) is 6.93. The number of halogens is 1. The SMILES string of the molecule is O=C(CCC1CCNC1)N1CCCN(C(=O)c2cccc(Cl)c2)CC1. The number of nitrogens with one attached hydrogen (secondary N) is 1. The van der Waals surface area contributed by atoms with Gasteiger partial charge < -0.3 is 15.1 Å². The third-order valence-corrected chi connectivity index (χ3v) is 5.37. The highest BCUT2D eigenvalue weighted by Crippen LogP contribution is 2.17. The highest BCUT2D eigenvalue weighted by Gasteiger charge is 2.24. The maximum atomic E-state index is 12.6. The predicted molar refractivity (Wildman–Crippen MR) is 98.8 cm³/mol. The molecule has 2 fully saturated rings.